The first-order chi connectivity index (χ1) is 24.8. The first kappa shape index (κ1) is 28.2. The van der Waals surface area contributed by atoms with Gasteiger partial charge in [0.05, 0.1) is 11.0 Å². The quantitative estimate of drug-likeness (QED) is 0.188. The van der Waals surface area contributed by atoms with E-state index in [-0.39, 0.29) is 0 Å². The van der Waals surface area contributed by atoms with Gasteiger partial charge in [0.25, 0.3) is 0 Å². The third-order valence-electron chi connectivity index (χ3n) is 9.46. The van der Waals surface area contributed by atoms with Crippen molar-refractivity contribution in [1.82, 2.24) is 19.5 Å². The van der Waals surface area contributed by atoms with Crippen LogP contribution in [0.2, 0.25) is 0 Å². The molecule has 0 bridgehead atoms. The molecule has 0 saturated carbocycles. The fourth-order valence-corrected chi connectivity index (χ4v) is 7.14. The Morgan fingerprint density at radius 1 is 0.380 bits per heavy atom. The molecule has 0 aliphatic heterocycles. The van der Waals surface area contributed by atoms with Gasteiger partial charge in [-0.15, -0.1) is 0 Å². The maximum absolute atomic E-state index is 6.70. The van der Waals surface area contributed by atoms with Crippen LogP contribution in [0, 0.1) is 0 Å². The summed E-state index contributed by atoms with van der Waals surface area (Å²) >= 11 is 0. The number of hydrogen-bond donors (Lipinski definition) is 0. The Bertz CT molecular complexity index is 2800. The fourth-order valence-electron chi connectivity index (χ4n) is 7.14. The van der Waals surface area contributed by atoms with Crippen LogP contribution in [0.15, 0.2) is 174 Å². The smallest absolute Gasteiger partial charge is 0.238 e. The molecule has 3 aromatic heterocycles. The lowest BCUT2D eigenvalue weighted by Crippen LogP contribution is -2.06. The topological polar surface area (TPSA) is 56.7 Å². The van der Waals surface area contributed by atoms with Gasteiger partial charge in [0.1, 0.15) is 11.2 Å². The normalized spacial score (nSPS) is 11.6. The van der Waals surface area contributed by atoms with Crippen LogP contribution in [0.4, 0.5) is 0 Å². The molecule has 0 saturated heterocycles. The van der Waals surface area contributed by atoms with Gasteiger partial charge in [-0.25, -0.2) is 4.98 Å². The van der Waals surface area contributed by atoms with Gasteiger partial charge in [0.15, 0.2) is 11.6 Å². The summed E-state index contributed by atoms with van der Waals surface area (Å²) < 4.78 is 8.83. The van der Waals surface area contributed by atoms with E-state index >= 15 is 0 Å². The molecule has 0 fully saturated rings. The van der Waals surface area contributed by atoms with Crippen LogP contribution in [0.25, 0.3) is 94.7 Å². The van der Waals surface area contributed by atoms with Crippen molar-refractivity contribution < 1.29 is 4.42 Å². The molecule has 7 aromatic carbocycles. The Morgan fingerprint density at radius 3 is 1.58 bits per heavy atom. The van der Waals surface area contributed by atoms with Crippen molar-refractivity contribution in [2.75, 3.05) is 0 Å². The first-order valence-electron chi connectivity index (χ1n) is 16.7. The van der Waals surface area contributed by atoms with E-state index in [1.807, 2.05) is 42.5 Å². The summed E-state index contributed by atoms with van der Waals surface area (Å²) in [7, 11) is 0. The van der Waals surface area contributed by atoms with Gasteiger partial charge in [-0.2, -0.15) is 9.97 Å². The molecule has 10 rings (SSSR count). The summed E-state index contributed by atoms with van der Waals surface area (Å²) in [6, 6.07) is 58.6. The Balaban J connectivity index is 1.20. The predicted octanol–water partition coefficient (Wildman–Crippen LogP) is 11.5. The molecular weight excluding hydrogens is 613 g/mol. The lowest BCUT2D eigenvalue weighted by atomic mass is 9.94. The number of benzene rings is 7. The highest BCUT2D eigenvalue weighted by atomic mass is 16.3. The molecular formula is C45H28N4O. The highest BCUT2D eigenvalue weighted by Gasteiger charge is 2.20. The standard InChI is InChI=1S/C45H28N4O/c1-4-14-29(15-5-1)33-26-37(30-16-6-2-7-17-30)42-36-25-24-32(27-40(36)50-41(42)28-33)44-46-43(31-18-8-3-9-19-31)47-45(48-44)49-38-22-12-10-20-34(38)35-21-11-13-23-39(35)49/h1-28H. The highest BCUT2D eigenvalue weighted by molar-refractivity contribution is 6.14. The number of nitrogens with zero attached hydrogens (tertiary/aromatic N) is 4. The molecule has 0 atom stereocenters. The molecule has 10 aromatic rings. The number of para-hydroxylation sites is 2. The zero-order chi connectivity index (χ0) is 33.0. The number of fused-ring (bicyclic) bond motifs is 6. The lowest BCUT2D eigenvalue weighted by molar-refractivity contribution is 0.669. The van der Waals surface area contributed by atoms with Gasteiger partial charge in [0, 0.05) is 32.7 Å². The summed E-state index contributed by atoms with van der Waals surface area (Å²) in [5.74, 6) is 1.75. The van der Waals surface area contributed by atoms with Crippen molar-refractivity contribution >= 4 is 43.7 Å². The van der Waals surface area contributed by atoms with Crippen LogP contribution < -0.4 is 0 Å². The minimum Gasteiger partial charge on any atom is -0.456 e. The highest BCUT2D eigenvalue weighted by Crippen LogP contribution is 2.41. The lowest BCUT2D eigenvalue weighted by Gasteiger charge is -2.11. The zero-order valence-electron chi connectivity index (χ0n) is 26.9. The summed E-state index contributed by atoms with van der Waals surface area (Å²) in [6.07, 6.45) is 0. The largest absolute Gasteiger partial charge is 0.456 e. The summed E-state index contributed by atoms with van der Waals surface area (Å²) in [6.45, 7) is 0. The van der Waals surface area contributed by atoms with E-state index in [9.17, 15) is 0 Å². The van der Waals surface area contributed by atoms with Crippen molar-refractivity contribution in [3.05, 3.63) is 170 Å². The molecule has 0 aliphatic carbocycles. The second-order valence-electron chi connectivity index (χ2n) is 12.5. The Kier molecular flexibility index (Phi) is 6.42. The van der Waals surface area contributed by atoms with Crippen LogP contribution in [0.3, 0.4) is 0 Å². The minimum atomic E-state index is 0.565. The van der Waals surface area contributed by atoms with E-state index in [0.29, 0.717) is 17.6 Å². The van der Waals surface area contributed by atoms with Crippen LogP contribution in [0.1, 0.15) is 0 Å². The van der Waals surface area contributed by atoms with Crippen molar-refractivity contribution in [3.8, 4) is 51.0 Å². The molecule has 3 heterocycles. The zero-order valence-corrected chi connectivity index (χ0v) is 26.9. The molecule has 50 heavy (non-hydrogen) atoms. The van der Waals surface area contributed by atoms with Crippen molar-refractivity contribution in [1.29, 1.82) is 0 Å². The Labute approximate surface area is 287 Å². The van der Waals surface area contributed by atoms with Gasteiger partial charge < -0.3 is 4.42 Å². The maximum atomic E-state index is 6.70. The molecule has 0 amide bonds. The number of furan rings is 1. The number of aromatic nitrogens is 4. The van der Waals surface area contributed by atoms with Gasteiger partial charge in [-0.3, -0.25) is 4.57 Å². The summed E-state index contributed by atoms with van der Waals surface area (Å²) in [5, 5.41) is 4.43. The van der Waals surface area contributed by atoms with E-state index in [1.54, 1.807) is 0 Å². The summed E-state index contributed by atoms with van der Waals surface area (Å²) in [5.41, 5.74) is 9.99. The van der Waals surface area contributed by atoms with E-state index in [4.69, 9.17) is 19.4 Å². The second-order valence-corrected chi connectivity index (χ2v) is 12.5. The molecule has 5 nitrogen and oxygen atoms in total. The SMILES string of the molecule is c1ccc(-c2cc(-c3ccccc3)c3c(c2)oc2cc(-c4nc(-c5ccccc5)nc(-n5c6ccccc6c6ccccc65)n4)ccc23)cc1. The third kappa shape index (κ3) is 4.60. The predicted molar refractivity (Wildman–Crippen MR) is 203 cm³/mol. The van der Waals surface area contributed by atoms with Crippen LogP contribution in [-0.2, 0) is 0 Å². The van der Waals surface area contributed by atoms with E-state index in [2.05, 4.69) is 132 Å². The van der Waals surface area contributed by atoms with Crippen molar-refractivity contribution in [2.24, 2.45) is 0 Å². The van der Waals surface area contributed by atoms with Crippen LogP contribution in [0.5, 0.6) is 0 Å². The monoisotopic (exact) mass is 640 g/mol. The molecule has 5 heteroatoms. The summed E-state index contributed by atoms with van der Waals surface area (Å²) in [4.78, 5) is 15.3. The molecule has 0 spiro atoms. The molecule has 0 unspecified atom stereocenters. The van der Waals surface area contributed by atoms with Crippen molar-refractivity contribution in [3.63, 3.8) is 0 Å². The van der Waals surface area contributed by atoms with Crippen LogP contribution in [-0.4, -0.2) is 19.5 Å². The van der Waals surface area contributed by atoms with E-state index in [0.717, 1.165) is 77.1 Å². The number of hydrogen-bond acceptors (Lipinski definition) is 4. The average Bonchev–Trinajstić information content (AvgIpc) is 3.74. The third-order valence-corrected chi connectivity index (χ3v) is 9.46. The van der Waals surface area contributed by atoms with E-state index < -0.39 is 0 Å². The Hall–Kier alpha value is -6.85. The maximum Gasteiger partial charge on any atom is 0.238 e. The first-order valence-corrected chi connectivity index (χ1v) is 16.7. The average molecular weight is 641 g/mol. The van der Waals surface area contributed by atoms with Gasteiger partial charge in [0.2, 0.25) is 5.95 Å². The van der Waals surface area contributed by atoms with Gasteiger partial charge in [-0.05, 0) is 58.7 Å². The van der Waals surface area contributed by atoms with Crippen molar-refractivity contribution in [2.45, 2.75) is 0 Å². The molecule has 0 radical (unpaired) electrons. The molecule has 0 aliphatic rings. The van der Waals surface area contributed by atoms with Gasteiger partial charge >= 0.3 is 0 Å². The fraction of sp³-hybridized carbons (Fsp3) is 0. The van der Waals surface area contributed by atoms with Gasteiger partial charge in [-0.1, -0.05) is 133 Å². The molecule has 0 N–H and O–H groups in total. The number of rotatable bonds is 5. The Morgan fingerprint density at radius 2 is 0.920 bits per heavy atom. The molecule has 234 valence electrons. The second kappa shape index (κ2) is 11.4. The minimum absolute atomic E-state index is 0.565. The van der Waals surface area contributed by atoms with E-state index in [1.165, 1.54) is 0 Å². The van der Waals surface area contributed by atoms with Crippen LogP contribution >= 0.6 is 0 Å².